The van der Waals surface area contributed by atoms with Crippen molar-refractivity contribution in [3.05, 3.63) is 63.6 Å². The van der Waals surface area contributed by atoms with E-state index in [1.165, 1.54) is 13.0 Å². The summed E-state index contributed by atoms with van der Waals surface area (Å²) in [5.74, 6) is 0.0734. The predicted octanol–water partition coefficient (Wildman–Crippen LogP) is 4.93. The van der Waals surface area contributed by atoms with Gasteiger partial charge in [-0.05, 0) is 61.8 Å². The van der Waals surface area contributed by atoms with Crippen LogP contribution in [0.4, 0.5) is 0 Å². The van der Waals surface area contributed by atoms with E-state index in [1.54, 1.807) is 35.0 Å². The Bertz CT molecular complexity index is 1190. The highest BCUT2D eigenvalue weighted by molar-refractivity contribution is 6.74. The summed E-state index contributed by atoms with van der Waals surface area (Å²) in [5.41, 5.74) is 0.732. The number of benzene rings is 1. The second-order valence-electron chi connectivity index (χ2n) is 10.9. The largest absolute Gasteiger partial charge is 0.484 e. The third-order valence-electron chi connectivity index (χ3n) is 6.80. The molecule has 8 heteroatoms. The van der Waals surface area contributed by atoms with Gasteiger partial charge in [-0.1, -0.05) is 20.8 Å². The Balaban J connectivity index is 2.13. The van der Waals surface area contributed by atoms with Crippen molar-refractivity contribution in [3.63, 3.8) is 0 Å². The second-order valence-corrected chi connectivity index (χ2v) is 15.7. The maximum absolute atomic E-state index is 13.1. The van der Waals surface area contributed by atoms with E-state index >= 15 is 0 Å². The minimum absolute atomic E-state index is 0.0548. The molecular formula is C26H34N2O5Si. The molecule has 182 valence electrons. The molecule has 2 atom stereocenters. The number of hydrogen-bond acceptors (Lipinski definition) is 6. The number of esters is 1. The molecule has 0 aliphatic carbocycles. The van der Waals surface area contributed by atoms with Gasteiger partial charge in [-0.15, -0.1) is 0 Å². The van der Waals surface area contributed by atoms with E-state index in [1.807, 2.05) is 13.8 Å². The standard InChI is InChI=1S/C26H34N2O5Si/c1-17(29)32-24-23(20-13-18(14-27)9-11-21(20)33-26(24,5)6)28-15-19(10-12-22(28)30)16-31-34(7,8)25(2,3)4/h9-13,15,23-24H,16H2,1-8H3/t23-,24+/m0/s1. The zero-order chi connectivity index (χ0) is 25.5. The van der Waals surface area contributed by atoms with E-state index in [0.29, 0.717) is 23.5 Å². The summed E-state index contributed by atoms with van der Waals surface area (Å²) in [6.45, 7) is 16.2. The predicted molar refractivity (Wildman–Crippen MR) is 132 cm³/mol. The quantitative estimate of drug-likeness (QED) is 0.443. The summed E-state index contributed by atoms with van der Waals surface area (Å²) in [5, 5.41) is 9.52. The number of ether oxygens (including phenoxy) is 2. The van der Waals surface area contributed by atoms with Gasteiger partial charge in [0.2, 0.25) is 0 Å². The maximum atomic E-state index is 13.1. The summed E-state index contributed by atoms with van der Waals surface area (Å²) < 4.78 is 19.8. The van der Waals surface area contributed by atoms with Gasteiger partial charge in [-0.3, -0.25) is 9.59 Å². The average molecular weight is 483 g/mol. The smallest absolute Gasteiger partial charge is 0.303 e. The molecule has 1 aliphatic heterocycles. The fourth-order valence-electron chi connectivity index (χ4n) is 3.84. The SMILES string of the molecule is CC(=O)O[C@@H]1[C@@H](n2cc(CO[Si](C)(C)C(C)(C)C)ccc2=O)c2cc(C#N)ccc2OC1(C)C. The van der Waals surface area contributed by atoms with E-state index in [2.05, 4.69) is 39.9 Å². The first-order valence-corrected chi connectivity index (χ1v) is 14.3. The number of aromatic nitrogens is 1. The molecule has 0 fully saturated rings. The van der Waals surface area contributed by atoms with Crippen LogP contribution in [-0.4, -0.2) is 30.6 Å². The molecule has 2 heterocycles. The topological polar surface area (TPSA) is 90.5 Å². The fraction of sp³-hybridized carbons (Fsp3) is 0.500. The van der Waals surface area contributed by atoms with E-state index in [4.69, 9.17) is 13.9 Å². The van der Waals surface area contributed by atoms with Gasteiger partial charge in [0.25, 0.3) is 5.56 Å². The van der Waals surface area contributed by atoms with Gasteiger partial charge in [0.1, 0.15) is 17.4 Å². The number of nitrogens with zero attached hydrogens (tertiary/aromatic N) is 2. The molecule has 0 radical (unpaired) electrons. The van der Waals surface area contributed by atoms with Crippen LogP contribution in [0.3, 0.4) is 0 Å². The van der Waals surface area contributed by atoms with Crippen molar-refractivity contribution in [2.24, 2.45) is 0 Å². The van der Waals surface area contributed by atoms with Crippen molar-refractivity contribution >= 4 is 14.3 Å². The number of fused-ring (bicyclic) bond motifs is 1. The van der Waals surface area contributed by atoms with Crippen molar-refractivity contribution < 1.29 is 18.7 Å². The van der Waals surface area contributed by atoms with Crippen molar-refractivity contribution in [3.8, 4) is 11.8 Å². The molecule has 1 aliphatic rings. The third-order valence-corrected chi connectivity index (χ3v) is 11.3. The van der Waals surface area contributed by atoms with Crippen molar-refractivity contribution in [2.75, 3.05) is 0 Å². The molecule has 2 aromatic rings. The molecule has 0 N–H and O–H groups in total. The van der Waals surface area contributed by atoms with E-state index in [0.717, 1.165) is 5.56 Å². The Kier molecular flexibility index (Phi) is 6.84. The van der Waals surface area contributed by atoms with Crippen LogP contribution >= 0.6 is 0 Å². The normalized spacial score (nSPS) is 19.5. The molecular weight excluding hydrogens is 448 g/mol. The first kappa shape index (κ1) is 25.7. The number of pyridine rings is 1. The lowest BCUT2D eigenvalue weighted by Gasteiger charge is -2.44. The Morgan fingerprint density at radius 1 is 1.24 bits per heavy atom. The van der Waals surface area contributed by atoms with Crippen LogP contribution in [0.1, 0.15) is 64.3 Å². The first-order chi connectivity index (χ1) is 15.7. The van der Waals surface area contributed by atoms with Crippen LogP contribution in [0.15, 0.2) is 41.3 Å². The van der Waals surface area contributed by atoms with Gasteiger partial charge in [-0.25, -0.2) is 0 Å². The van der Waals surface area contributed by atoms with Gasteiger partial charge >= 0.3 is 5.97 Å². The summed E-state index contributed by atoms with van der Waals surface area (Å²) in [6.07, 6.45) is 0.974. The summed E-state index contributed by atoms with van der Waals surface area (Å²) in [6, 6.07) is 9.83. The fourth-order valence-corrected chi connectivity index (χ4v) is 4.80. The highest BCUT2D eigenvalue weighted by atomic mass is 28.4. The molecule has 0 saturated carbocycles. The minimum Gasteiger partial charge on any atom is -0.484 e. The van der Waals surface area contributed by atoms with Crippen LogP contribution in [0, 0.1) is 11.3 Å². The molecule has 1 aromatic carbocycles. The van der Waals surface area contributed by atoms with E-state index in [-0.39, 0.29) is 10.6 Å². The van der Waals surface area contributed by atoms with E-state index in [9.17, 15) is 14.9 Å². The second kappa shape index (κ2) is 9.04. The zero-order valence-electron chi connectivity index (χ0n) is 21.3. The highest BCUT2D eigenvalue weighted by Crippen LogP contribution is 2.43. The maximum Gasteiger partial charge on any atom is 0.303 e. The van der Waals surface area contributed by atoms with Gasteiger partial charge < -0.3 is 18.5 Å². The summed E-state index contributed by atoms with van der Waals surface area (Å²) >= 11 is 0. The van der Waals surface area contributed by atoms with Gasteiger partial charge in [-0.2, -0.15) is 5.26 Å². The molecule has 1 aromatic heterocycles. The lowest BCUT2D eigenvalue weighted by molar-refractivity contribution is -0.163. The highest BCUT2D eigenvalue weighted by Gasteiger charge is 2.47. The molecule has 3 rings (SSSR count). The van der Waals surface area contributed by atoms with Crippen LogP contribution in [-0.2, 0) is 20.6 Å². The van der Waals surface area contributed by atoms with Crippen LogP contribution in [0.5, 0.6) is 5.75 Å². The van der Waals surface area contributed by atoms with Crippen LogP contribution < -0.4 is 10.3 Å². The number of carbonyl (C=O) groups excluding carboxylic acids is 1. The van der Waals surface area contributed by atoms with Gasteiger partial charge in [0.05, 0.1) is 18.2 Å². The first-order valence-electron chi connectivity index (χ1n) is 11.4. The molecule has 34 heavy (non-hydrogen) atoms. The summed E-state index contributed by atoms with van der Waals surface area (Å²) in [7, 11) is -2.00. The average Bonchev–Trinajstić information content (AvgIpc) is 2.72. The van der Waals surface area contributed by atoms with E-state index < -0.39 is 32.0 Å². The molecule has 0 amide bonds. The molecule has 0 bridgehead atoms. The molecule has 0 unspecified atom stereocenters. The number of hydrogen-bond donors (Lipinski definition) is 0. The van der Waals surface area contributed by atoms with Crippen LogP contribution in [0.25, 0.3) is 0 Å². The number of rotatable bonds is 5. The van der Waals surface area contributed by atoms with Crippen LogP contribution in [0.2, 0.25) is 18.1 Å². The van der Waals surface area contributed by atoms with Gasteiger partial charge in [0, 0.05) is 24.8 Å². The van der Waals surface area contributed by atoms with Crippen molar-refractivity contribution in [1.82, 2.24) is 4.57 Å². The monoisotopic (exact) mass is 482 g/mol. The van der Waals surface area contributed by atoms with Crippen molar-refractivity contribution in [2.45, 2.75) is 84.0 Å². The number of carbonyl (C=O) groups is 1. The third kappa shape index (κ3) is 5.11. The summed E-state index contributed by atoms with van der Waals surface area (Å²) in [4.78, 5) is 25.2. The molecule has 7 nitrogen and oxygen atoms in total. The lowest BCUT2D eigenvalue weighted by Crippen LogP contribution is -2.54. The number of nitriles is 1. The Morgan fingerprint density at radius 2 is 1.91 bits per heavy atom. The minimum atomic E-state index is -2.00. The van der Waals surface area contributed by atoms with Crippen molar-refractivity contribution in [1.29, 1.82) is 5.26 Å². The Morgan fingerprint density at radius 3 is 2.50 bits per heavy atom. The Hall–Kier alpha value is -2.89. The Labute approximate surface area is 202 Å². The molecule has 0 saturated heterocycles. The van der Waals surface area contributed by atoms with Gasteiger partial charge in [0.15, 0.2) is 14.4 Å². The lowest BCUT2D eigenvalue weighted by atomic mass is 9.85. The molecule has 0 spiro atoms. The zero-order valence-corrected chi connectivity index (χ0v) is 22.3.